The number of nitrogens with zero attached hydrogens (tertiary/aromatic N) is 2. The minimum absolute atomic E-state index is 0.0466. The maximum atomic E-state index is 12.3. The smallest absolute Gasteiger partial charge is 0.237 e. The normalized spacial score (nSPS) is 22.1. The van der Waals surface area contributed by atoms with Gasteiger partial charge in [0.2, 0.25) is 5.91 Å². The Bertz CT molecular complexity index is 579. The number of hydrogen-bond acceptors (Lipinski definition) is 3. The Hall–Kier alpha value is -1.57. The molecule has 2 atom stereocenters. The van der Waals surface area contributed by atoms with E-state index in [-0.39, 0.29) is 24.5 Å². The van der Waals surface area contributed by atoms with Gasteiger partial charge in [-0.1, -0.05) is 23.7 Å². The van der Waals surface area contributed by atoms with Crippen LogP contribution in [0.1, 0.15) is 38.3 Å². The van der Waals surface area contributed by atoms with E-state index in [9.17, 15) is 10.1 Å². The zero-order valence-corrected chi connectivity index (χ0v) is 13.1. The van der Waals surface area contributed by atoms with E-state index in [1.807, 2.05) is 38.1 Å². The van der Waals surface area contributed by atoms with Crippen molar-refractivity contribution in [3.63, 3.8) is 0 Å². The summed E-state index contributed by atoms with van der Waals surface area (Å²) in [6.07, 6.45) is 1.62. The molecule has 1 aliphatic rings. The first-order valence-electron chi connectivity index (χ1n) is 7.08. The van der Waals surface area contributed by atoms with Crippen LogP contribution in [0.4, 0.5) is 0 Å². The zero-order valence-electron chi connectivity index (χ0n) is 12.3. The first-order valence-corrected chi connectivity index (χ1v) is 7.46. The summed E-state index contributed by atoms with van der Waals surface area (Å²) in [4.78, 5) is 14.1. The first-order chi connectivity index (χ1) is 9.90. The van der Waals surface area contributed by atoms with Crippen LogP contribution in [0.2, 0.25) is 5.02 Å². The number of carbonyl (C=O) groups is 1. The highest BCUT2D eigenvalue weighted by Gasteiger charge is 2.44. The summed E-state index contributed by atoms with van der Waals surface area (Å²) in [5, 5.41) is 10.0. The average molecular weight is 306 g/mol. The van der Waals surface area contributed by atoms with Gasteiger partial charge < -0.3 is 10.6 Å². The molecule has 0 aromatic heterocycles. The summed E-state index contributed by atoms with van der Waals surface area (Å²) in [7, 11) is 0. The van der Waals surface area contributed by atoms with E-state index >= 15 is 0 Å². The molecule has 0 bridgehead atoms. The van der Waals surface area contributed by atoms with Crippen LogP contribution >= 0.6 is 11.6 Å². The molecule has 1 unspecified atom stereocenters. The number of nitrogens with two attached hydrogens (primary N) is 1. The first kappa shape index (κ1) is 15.8. The van der Waals surface area contributed by atoms with Crippen molar-refractivity contribution >= 4 is 17.5 Å². The van der Waals surface area contributed by atoms with Crippen molar-refractivity contribution in [3.05, 3.63) is 34.9 Å². The van der Waals surface area contributed by atoms with Crippen LogP contribution in [0.5, 0.6) is 0 Å². The second-order valence-electron chi connectivity index (χ2n) is 6.00. The molecule has 2 rings (SSSR count). The van der Waals surface area contributed by atoms with E-state index in [0.29, 0.717) is 5.02 Å². The molecule has 0 radical (unpaired) electrons. The lowest BCUT2D eigenvalue weighted by atomic mass is 9.84. The Labute approximate surface area is 130 Å². The van der Waals surface area contributed by atoms with E-state index in [4.69, 9.17) is 17.3 Å². The summed E-state index contributed by atoms with van der Waals surface area (Å²) < 4.78 is 0. The van der Waals surface area contributed by atoms with Gasteiger partial charge in [-0.3, -0.25) is 4.79 Å². The number of likely N-dealkylation sites (tertiary alicyclic amines) is 1. The van der Waals surface area contributed by atoms with Gasteiger partial charge in [-0.2, -0.15) is 5.26 Å². The van der Waals surface area contributed by atoms with Crippen molar-refractivity contribution in [2.45, 2.75) is 38.8 Å². The molecule has 1 fully saturated rings. The van der Waals surface area contributed by atoms with Crippen LogP contribution < -0.4 is 5.73 Å². The zero-order chi connectivity index (χ0) is 15.6. The van der Waals surface area contributed by atoms with Gasteiger partial charge >= 0.3 is 0 Å². The van der Waals surface area contributed by atoms with Gasteiger partial charge in [0, 0.05) is 5.02 Å². The quantitative estimate of drug-likeness (QED) is 0.933. The van der Waals surface area contributed by atoms with Crippen LogP contribution in [0, 0.1) is 16.7 Å². The van der Waals surface area contributed by atoms with E-state index < -0.39 is 5.41 Å². The Morgan fingerprint density at radius 1 is 1.52 bits per heavy atom. The molecule has 1 aromatic carbocycles. The fraction of sp³-hybridized carbons (Fsp3) is 0.500. The van der Waals surface area contributed by atoms with Crippen molar-refractivity contribution in [2.24, 2.45) is 11.1 Å². The molecule has 1 amide bonds. The van der Waals surface area contributed by atoms with Gasteiger partial charge in [0.15, 0.2) is 0 Å². The molecule has 1 heterocycles. The van der Waals surface area contributed by atoms with Crippen LogP contribution in [0.25, 0.3) is 0 Å². The van der Waals surface area contributed by atoms with Crippen LogP contribution in [0.15, 0.2) is 24.3 Å². The van der Waals surface area contributed by atoms with Gasteiger partial charge in [0.1, 0.15) is 0 Å². The highest BCUT2D eigenvalue weighted by atomic mass is 35.5. The predicted molar refractivity (Wildman–Crippen MR) is 82.5 cm³/mol. The number of nitriles is 1. The average Bonchev–Trinajstić information content (AvgIpc) is 2.92. The lowest BCUT2D eigenvalue weighted by Crippen LogP contribution is -2.47. The molecule has 2 N–H and O–H groups in total. The molecule has 1 aromatic rings. The van der Waals surface area contributed by atoms with Crippen LogP contribution in [-0.4, -0.2) is 23.4 Å². The van der Waals surface area contributed by atoms with E-state index in [1.54, 1.807) is 4.90 Å². The molecule has 4 nitrogen and oxygen atoms in total. The van der Waals surface area contributed by atoms with Gasteiger partial charge in [-0.25, -0.2) is 0 Å². The molecule has 5 heteroatoms. The molecule has 1 saturated heterocycles. The number of benzene rings is 1. The molecule has 0 spiro atoms. The van der Waals surface area contributed by atoms with Crippen molar-refractivity contribution in [2.75, 3.05) is 6.54 Å². The minimum Gasteiger partial charge on any atom is -0.330 e. The molecule has 0 aliphatic carbocycles. The standard InChI is InChI=1S/C16H20ClN3O/c1-16(2,10-19)14-7-6-13(20(14)15(21)9-18)11-4-3-5-12(17)8-11/h3-5,8,13-14H,6-7,9,18H2,1-2H3/t13-,14?/m0/s1. The second-order valence-corrected chi connectivity index (χ2v) is 6.44. The number of carbonyl (C=O) groups excluding carboxylic acids is 1. The van der Waals surface area contributed by atoms with E-state index in [2.05, 4.69) is 6.07 Å². The second kappa shape index (κ2) is 6.05. The van der Waals surface area contributed by atoms with Crippen LogP contribution in [0.3, 0.4) is 0 Å². The number of amides is 1. The van der Waals surface area contributed by atoms with Gasteiger partial charge in [-0.15, -0.1) is 0 Å². The summed E-state index contributed by atoms with van der Waals surface area (Å²) >= 11 is 6.06. The van der Waals surface area contributed by atoms with Crippen molar-refractivity contribution in [1.82, 2.24) is 4.90 Å². The number of rotatable bonds is 3. The lowest BCUT2D eigenvalue weighted by molar-refractivity contribution is -0.134. The molecular weight excluding hydrogens is 286 g/mol. The summed E-state index contributed by atoms with van der Waals surface area (Å²) in [6, 6.07) is 9.67. The van der Waals surface area contributed by atoms with E-state index in [0.717, 1.165) is 18.4 Å². The SMILES string of the molecule is CC(C)(C#N)C1CC[C@@H](c2cccc(Cl)c2)N1C(=O)CN. The lowest BCUT2D eigenvalue weighted by Gasteiger charge is -2.36. The van der Waals surface area contributed by atoms with Gasteiger partial charge in [0.05, 0.1) is 30.1 Å². The van der Waals surface area contributed by atoms with Gasteiger partial charge in [-0.05, 0) is 44.4 Å². The predicted octanol–water partition coefficient (Wildman–Crippen LogP) is 2.88. The Balaban J connectivity index is 2.39. The largest absolute Gasteiger partial charge is 0.330 e. The fourth-order valence-electron chi connectivity index (χ4n) is 3.09. The molecular formula is C16H20ClN3O. The summed E-state index contributed by atoms with van der Waals surface area (Å²) in [5.74, 6) is -0.120. The van der Waals surface area contributed by atoms with Crippen LogP contribution in [-0.2, 0) is 4.79 Å². The van der Waals surface area contributed by atoms with Gasteiger partial charge in [0.25, 0.3) is 0 Å². The van der Waals surface area contributed by atoms with Crippen molar-refractivity contribution in [3.8, 4) is 6.07 Å². The molecule has 112 valence electrons. The highest BCUT2D eigenvalue weighted by Crippen LogP contribution is 2.43. The summed E-state index contributed by atoms with van der Waals surface area (Å²) in [6.45, 7) is 3.69. The third-order valence-corrected chi connectivity index (χ3v) is 4.44. The molecule has 0 saturated carbocycles. The third-order valence-electron chi connectivity index (χ3n) is 4.20. The monoisotopic (exact) mass is 305 g/mol. The molecule has 21 heavy (non-hydrogen) atoms. The van der Waals surface area contributed by atoms with Crippen molar-refractivity contribution < 1.29 is 4.79 Å². The number of hydrogen-bond donors (Lipinski definition) is 1. The Kier molecular flexibility index (Phi) is 4.55. The fourth-order valence-corrected chi connectivity index (χ4v) is 3.29. The van der Waals surface area contributed by atoms with E-state index in [1.165, 1.54) is 0 Å². The Morgan fingerprint density at radius 2 is 2.24 bits per heavy atom. The third kappa shape index (κ3) is 3.04. The summed E-state index contributed by atoms with van der Waals surface area (Å²) in [5.41, 5.74) is 5.97. The number of halogens is 1. The maximum absolute atomic E-state index is 12.3. The molecule has 1 aliphatic heterocycles. The topological polar surface area (TPSA) is 70.1 Å². The maximum Gasteiger partial charge on any atom is 0.237 e. The van der Waals surface area contributed by atoms with Crippen molar-refractivity contribution in [1.29, 1.82) is 5.26 Å². The highest BCUT2D eigenvalue weighted by molar-refractivity contribution is 6.30. The minimum atomic E-state index is -0.599. The Morgan fingerprint density at radius 3 is 2.81 bits per heavy atom.